The summed E-state index contributed by atoms with van der Waals surface area (Å²) in [6, 6.07) is 11.0. The molecule has 0 spiro atoms. The molecule has 1 heterocycles. The molecular formula is C15H14ClN3O. The molecule has 4 nitrogen and oxygen atoms in total. The first kappa shape index (κ1) is 14.3. The first-order valence-electron chi connectivity index (χ1n) is 6.18. The Balaban J connectivity index is 2.33. The standard InChI is InChI=1S/C15H14ClN3O/c1-15(2,8-17)9-18-14(20)11-7-13(16)19-12-6-4-3-5-10(11)12/h3-7H,9H2,1-2H3,(H,18,20). The monoisotopic (exact) mass is 287 g/mol. The lowest BCUT2D eigenvalue weighted by atomic mass is 9.96. The summed E-state index contributed by atoms with van der Waals surface area (Å²) in [5.41, 5.74) is 0.529. The number of nitrogens with one attached hydrogen (secondary N) is 1. The van der Waals surface area contributed by atoms with Crippen molar-refractivity contribution >= 4 is 28.4 Å². The van der Waals surface area contributed by atoms with Gasteiger partial charge in [-0.3, -0.25) is 4.79 Å². The lowest BCUT2D eigenvalue weighted by molar-refractivity contribution is 0.0945. The molecule has 0 unspecified atom stereocenters. The van der Waals surface area contributed by atoms with Crippen LogP contribution in [-0.4, -0.2) is 17.4 Å². The largest absolute Gasteiger partial charge is 0.350 e. The van der Waals surface area contributed by atoms with Crippen LogP contribution in [0.5, 0.6) is 0 Å². The third-order valence-corrected chi connectivity index (χ3v) is 3.12. The van der Waals surface area contributed by atoms with Crippen LogP contribution in [0.15, 0.2) is 30.3 Å². The van der Waals surface area contributed by atoms with E-state index in [9.17, 15) is 4.79 Å². The number of para-hydroxylation sites is 1. The zero-order chi connectivity index (χ0) is 14.8. The summed E-state index contributed by atoms with van der Waals surface area (Å²) in [6.45, 7) is 3.81. The number of nitriles is 1. The smallest absolute Gasteiger partial charge is 0.252 e. The molecule has 0 aliphatic carbocycles. The Bertz CT molecular complexity index is 704. The van der Waals surface area contributed by atoms with Crippen molar-refractivity contribution in [3.63, 3.8) is 0 Å². The van der Waals surface area contributed by atoms with Crippen LogP contribution in [0.1, 0.15) is 24.2 Å². The van der Waals surface area contributed by atoms with E-state index in [0.29, 0.717) is 11.1 Å². The molecule has 2 aromatic rings. The predicted molar refractivity (Wildman–Crippen MR) is 78.5 cm³/mol. The van der Waals surface area contributed by atoms with Gasteiger partial charge in [0.05, 0.1) is 22.6 Å². The lowest BCUT2D eigenvalue weighted by Gasteiger charge is -2.16. The molecule has 0 aliphatic rings. The van der Waals surface area contributed by atoms with Gasteiger partial charge in [0.1, 0.15) is 5.15 Å². The van der Waals surface area contributed by atoms with E-state index in [2.05, 4.69) is 16.4 Å². The molecule has 1 N–H and O–H groups in total. The van der Waals surface area contributed by atoms with Crippen molar-refractivity contribution in [1.29, 1.82) is 5.26 Å². The fourth-order valence-electron chi connectivity index (χ4n) is 1.77. The van der Waals surface area contributed by atoms with Crippen molar-refractivity contribution in [1.82, 2.24) is 10.3 Å². The second-order valence-electron chi connectivity index (χ2n) is 5.19. The summed E-state index contributed by atoms with van der Waals surface area (Å²) in [7, 11) is 0. The predicted octanol–water partition coefficient (Wildman–Crippen LogP) is 3.17. The molecule has 5 heteroatoms. The highest BCUT2D eigenvalue weighted by atomic mass is 35.5. The molecule has 0 saturated heterocycles. The normalized spacial score (nSPS) is 11.1. The highest BCUT2D eigenvalue weighted by Gasteiger charge is 2.19. The van der Waals surface area contributed by atoms with E-state index in [-0.39, 0.29) is 17.6 Å². The number of amides is 1. The van der Waals surface area contributed by atoms with Crippen molar-refractivity contribution in [2.45, 2.75) is 13.8 Å². The lowest BCUT2D eigenvalue weighted by Crippen LogP contribution is -2.33. The minimum atomic E-state index is -0.609. The van der Waals surface area contributed by atoms with Gasteiger partial charge in [0.15, 0.2) is 0 Å². The third kappa shape index (κ3) is 3.06. The van der Waals surface area contributed by atoms with Crippen LogP contribution in [-0.2, 0) is 0 Å². The number of aromatic nitrogens is 1. The number of carbonyl (C=O) groups is 1. The Kier molecular flexibility index (Phi) is 3.91. The van der Waals surface area contributed by atoms with Gasteiger partial charge in [-0.1, -0.05) is 29.8 Å². The van der Waals surface area contributed by atoms with Crippen LogP contribution in [0.3, 0.4) is 0 Å². The molecule has 0 bridgehead atoms. The fraction of sp³-hybridized carbons (Fsp3) is 0.267. The van der Waals surface area contributed by atoms with E-state index >= 15 is 0 Å². The maximum atomic E-state index is 12.3. The topological polar surface area (TPSA) is 65.8 Å². The van der Waals surface area contributed by atoms with Gasteiger partial charge in [0, 0.05) is 11.9 Å². The van der Waals surface area contributed by atoms with E-state index in [1.807, 2.05) is 18.2 Å². The zero-order valence-corrected chi connectivity index (χ0v) is 12.0. The summed E-state index contributed by atoms with van der Waals surface area (Å²) in [5.74, 6) is -0.256. The molecule has 1 aromatic heterocycles. The van der Waals surface area contributed by atoms with Gasteiger partial charge in [0.25, 0.3) is 5.91 Å². The second-order valence-corrected chi connectivity index (χ2v) is 5.58. The number of pyridine rings is 1. The molecule has 20 heavy (non-hydrogen) atoms. The van der Waals surface area contributed by atoms with Gasteiger partial charge in [-0.25, -0.2) is 4.98 Å². The molecular weight excluding hydrogens is 274 g/mol. The van der Waals surface area contributed by atoms with Crippen LogP contribution in [0.4, 0.5) is 0 Å². The van der Waals surface area contributed by atoms with Crippen LogP contribution < -0.4 is 5.32 Å². The van der Waals surface area contributed by atoms with Crippen LogP contribution in [0, 0.1) is 16.7 Å². The van der Waals surface area contributed by atoms with E-state index in [1.54, 1.807) is 26.0 Å². The van der Waals surface area contributed by atoms with Crippen molar-refractivity contribution in [2.75, 3.05) is 6.54 Å². The van der Waals surface area contributed by atoms with Crippen molar-refractivity contribution in [3.8, 4) is 6.07 Å². The average Bonchev–Trinajstić information content (AvgIpc) is 2.44. The summed E-state index contributed by atoms with van der Waals surface area (Å²) in [4.78, 5) is 16.4. The number of rotatable bonds is 3. The summed E-state index contributed by atoms with van der Waals surface area (Å²) in [6.07, 6.45) is 0. The maximum absolute atomic E-state index is 12.3. The van der Waals surface area contributed by atoms with Crippen molar-refractivity contribution in [3.05, 3.63) is 41.0 Å². The molecule has 0 aliphatic heterocycles. The van der Waals surface area contributed by atoms with Crippen LogP contribution in [0.25, 0.3) is 10.9 Å². The second kappa shape index (κ2) is 5.48. The van der Waals surface area contributed by atoms with Gasteiger partial charge in [-0.05, 0) is 26.0 Å². The van der Waals surface area contributed by atoms with Gasteiger partial charge in [0.2, 0.25) is 0 Å². The number of carbonyl (C=O) groups excluding carboxylic acids is 1. The first-order valence-corrected chi connectivity index (χ1v) is 6.55. The number of halogens is 1. The number of nitrogens with zero attached hydrogens (tertiary/aromatic N) is 2. The SMILES string of the molecule is CC(C)(C#N)CNC(=O)c1cc(Cl)nc2ccccc12. The summed E-state index contributed by atoms with van der Waals surface area (Å²) >= 11 is 5.94. The molecule has 1 aromatic carbocycles. The van der Waals surface area contributed by atoms with Gasteiger partial charge < -0.3 is 5.32 Å². The third-order valence-electron chi connectivity index (χ3n) is 2.92. The Morgan fingerprint density at radius 2 is 2.15 bits per heavy atom. The Morgan fingerprint density at radius 3 is 2.85 bits per heavy atom. The van der Waals surface area contributed by atoms with Gasteiger partial charge in [-0.15, -0.1) is 0 Å². The van der Waals surface area contributed by atoms with Crippen LogP contribution in [0.2, 0.25) is 5.15 Å². The van der Waals surface area contributed by atoms with Crippen LogP contribution >= 0.6 is 11.6 Å². The molecule has 1 amide bonds. The highest BCUT2D eigenvalue weighted by Crippen LogP contribution is 2.21. The Hall–Kier alpha value is -2.12. The molecule has 2 rings (SSSR count). The Labute approximate surface area is 122 Å². The quantitative estimate of drug-likeness (QED) is 0.882. The van der Waals surface area contributed by atoms with Crippen molar-refractivity contribution < 1.29 is 4.79 Å². The molecule has 0 atom stereocenters. The molecule has 102 valence electrons. The zero-order valence-electron chi connectivity index (χ0n) is 11.3. The maximum Gasteiger partial charge on any atom is 0.252 e. The van der Waals surface area contributed by atoms with E-state index in [1.165, 1.54) is 0 Å². The fourth-order valence-corrected chi connectivity index (χ4v) is 1.97. The first-order chi connectivity index (χ1) is 9.43. The highest BCUT2D eigenvalue weighted by molar-refractivity contribution is 6.30. The number of fused-ring (bicyclic) bond motifs is 1. The molecule has 0 radical (unpaired) electrons. The number of hydrogen-bond acceptors (Lipinski definition) is 3. The van der Waals surface area contributed by atoms with Gasteiger partial charge >= 0.3 is 0 Å². The molecule has 0 fully saturated rings. The molecule has 0 saturated carbocycles. The van der Waals surface area contributed by atoms with E-state index in [0.717, 1.165) is 5.39 Å². The van der Waals surface area contributed by atoms with Crippen molar-refractivity contribution in [2.24, 2.45) is 5.41 Å². The number of benzene rings is 1. The van der Waals surface area contributed by atoms with E-state index in [4.69, 9.17) is 16.9 Å². The minimum absolute atomic E-state index is 0.256. The van der Waals surface area contributed by atoms with E-state index < -0.39 is 5.41 Å². The number of hydrogen-bond donors (Lipinski definition) is 1. The summed E-state index contributed by atoms with van der Waals surface area (Å²) in [5, 5.41) is 12.7. The average molecular weight is 288 g/mol. The Morgan fingerprint density at radius 1 is 1.45 bits per heavy atom. The van der Waals surface area contributed by atoms with Gasteiger partial charge in [-0.2, -0.15) is 5.26 Å². The minimum Gasteiger partial charge on any atom is -0.350 e. The summed E-state index contributed by atoms with van der Waals surface area (Å²) < 4.78 is 0.